The number of ether oxygens (including phenoxy) is 2. The molecule has 3 aromatic carbocycles. The number of methoxy groups -OCH3 is 1. The van der Waals surface area contributed by atoms with Crippen LogP contribution in [0.1, 0.15) is 16.1 Å². The number of fused-ring (bicyclic) bond motifs is 1. The monoisotopic (exact) mass is 461 g/mol. The molecule has 0 saturated heterocycles. The van der Waals surface area contributed by atoms with Gasteiger partial charge in [0, 0.05) is 5.39 Å². The summed E-state index contributed by atoms with van der Waals surface area (Å²) < 4.78 is 16.6. The minimum absolute atomic E-state index is 0.221. The molecule has 1 amide bonds. The first kappa shape index (κ1) is 22.2. The van der Waals surface area contributed by atoms with Gasteiger partial charge in [0.1, 0.15) is 5.58 Å². The lowest BCUT2D eigenvalue weighted by atomic mass is 10.1. The van der Waals surface area contributed by atoms with Crippen molar-refractivity contribution in [1.29, 1.82) is 0 Å². The summed E-state index contributed by atoms with van der Waals surface area (Å²) in [6, 6.07) is 21.2. The molecule has 4 rings (SSSR count). The summed E-state index contributed by atoms with van der Waals surface area (Å²) in [5.74, 6) is 0.489. The molecule has 0 aliphatic rings. The number of rotatable bonds is 8. The number of hydrogen-bond donors (Lipinski definition) is 1. The maximum absolute atomic E-state index is 12.5. The van der Waals surface area contributed by atoms with Crippen LogP contribution in [0.5, 0.6) is 11.5 Å². The fraction of sp³-hybridized carbons (Fsp3) is 0.0769. The predicted octanol–water partition coefficient (Wildman–Crippen LogP) is 6.01. The van der Waals surface area contributed by atoms with Crippen molar-refractivity contribution < 1.29 is 23.5 Å². The third-order valence-corrected chi connectivity index (χ3v) is 5.12. The fourth-order valence-corrected chi connectivity index (χ4v) is 3.34. The molecule has 0 bridgehead atoms. The number of ketones is 1. The van der Waals surface area contributed by atoms with Crippen LogP contribution in [0.2, 0.25) is 5.02 Å². The first-order valence-electron chi connectivity index (χ1n) is 10.1. The van der Waals surface area contributed by atoms with E-state index in [4.69, 9.17) is 25.5 Å². The van der Waals surface area contributed by atoms with Gasteiger partial charge in [-0.25, -0.2) is 0 Å². The number of benzene rings is 3. The Morgan fingerprint density at radius 1 is 1.00 bits per heavy atom. The molecule has 33 heavy (non-hydrogen) atoms. The third-order valence-electron chi connectivity index (χ3n) is 4.79. The van der Waals surface area contributed by atoms with Crippen LogP contribution in [0.25, 0.3) is 17.0 Å². The van der Waals surface area contributed by atoms with Crippen molar-refractivity contribution in [2.75, 3.05) is 19.0 Å². The van der Waals surface area contributed by atoms with Crippen LogP contribution >= 0.6 is 11.6 Å². The number of amides is 1. The van der Waals surface area contributed by atoms with Crippen LogP contribution in [-0.4, -0.2) is 25.4 Å². The molecule has 1 N–H and O–H groups in total. The predicted molar refractivity (Wildman–Crippen MR) is 128 cm³/mol. The molecule has 0 spiro atoms. The average Bonchev–Trinajstić information content (AvgIpc) is 3.27. The maximum atomic E-state index is 12.5. The molecule has 0 aliphatic heterocycles. The van der Waals surface area contributed by atoms with Gasteiger partial charge in [-0.15, -0.1) is 0 Å². The lowest BCUT2D eigenvalue weighted by molar-refractivity contribution is -0.118. The second kappa shape index (κ2) is 10.1. The smallest absolute Gasteiger partial charge is 0.262 e. The molecule has 0 atom stereocenters. The Labute approximate surface area is 195 Å². The lowest BCUT2D eigenvalue weighted by Crippen LogP contribution is -2.20. The summed E-state index contributed by atoms with van der Waals surface area (Å²) in [5.41, 5.74) is 1.90. The number of anilines is 1. The van der Waals surface area contributed by atoms with Crippen LogP contribution in [0, 0.1) is 0 Å². The number of furan rings is 1. The Bertz CT molecular complexity index is 1310. The lowest BCUT2D eigenvalue weighted by Gasteiger charge is -2.12. The van der Waals surface area contributed by atoms with E-state index < -0.39 is 0 Å². The second-order valence-corrected chi connectivity index (χ2v) is 7.48. The van der Waals surface area contributed by atoms with Gasteiger partial charge in [-0.3, -0.25) is 9.59 Å². The van der Waals surface area contributed by atoms with Gasteiger partial charge in [0.15, 0.2) is 23.9 Å². The van der Waals surface area contributed by atoms with Gasteiger partial charge in [-0.05, 0) is 48.0 Å². The van der Waals surface area contributed by atoms with Crippen molar-refractivity contribution >= 4 is 46.0 Å². The highest BCUT2D eigenvalue weighted by molar-refractivity contribution is 6.33. The molecular formula is C26H20ClNO5. The Kier molecular flexibility index (Phi) is 6.76. The highest BCUT2D eigenvalue weighted by Gasteiger charge is 2.11. The Morgan fingerprint density at radius 2 is 1.79 bits per heavy atom. The zero-order chi connectivity index (χ0) is 23.2. The summed E-state index contributed by atoms with van der Waals surface area (Å²) in [5, 5.41) is 4.01. The average molecular weight is 462 g/mol. The number of nitrogens with one attached hydrogen (secondary N) is 1. The molecule has 6 nitrogen and oxygen atoms in total. The van der Waals surface area contributed by atoms with Gasteiger partial charge in [-0.2, -0.15) is 0 Å². The largest absolute Gasteiger partial charge is 0.493 e. The minimum atomic E-state index is -0.356. The van der Waals surface area contributed by atoms with Gasteiger partial charge in [0.05, 0.1) is 17.8 Å². The van der Waals surface area contributed by atoms with Crippen molar-refractivity contribution in [2.45, 2.75) is 0 Å². The number of carbonyl (C=O) groups excluding carboxylic acids is 2. The summed E-state index contributed by atoms with van der Waals surface area (Å²) in [6.07, 6.45) is 3.09. The number of allylic oxidation sites excluding steroid dienone is 1. The molecule has 0 saturated carbocycles. The number of hydrogen-bond acceptors (Lipinski definition) is 5. The molecule has 1 aromatic heterocycles. The Balaban J connectivity index is 1.40. The van der Waals surface area contributed by atoms with Gasteiger partial charge < -0.3 is 19.2 Å². The van der Waals surface area contributed by atoms with Crippen LogP contribution < -0.4 is 14.8 Å². The number of para-hydroxylation sites is 2. The number of carbonyl (C=O) groups is 2. The van der Waals surface area contributed by atoms with Crippen molar-refractivity contribution in [3.8, 4) is 11.5 Å². The van der Waals surface area contributed by atoms with E-state index in [0.717, 1.165) is 10.9 Å². The molecule has 4 aromatic rings. The van der Waals surface area contributed by atoms with E-state index in [1.165, 1.54) is 13.2 Å². The van der Waals surface area contributed by atoms with E-state index in [1.807, 2.05) is 24.3 Å². The summed E-state index contributed by atoms with van der Waals surface area (Å²) in [6.45, 7) is -0.221. The van der Waals surface area contributed by atoms with Crippen molar-refractivity contribution in [3.05, 3.63) is 95.2 Å². The first-order chi connectivity index (χ1) is 16.0. The quantitative estimate of drug-likeness (QED) is 0.257. The topological polar surface area (TPSA) is 77.8 Å². The van der Waals surface area contributed by atoms with E-state index in [-0.39, 0.29) is 24.1 Å². The van der Waals surface area contributed by atoms with Crippen molar-refractivity contribution in [3.63, 3.8) is 0 Å². The van der Waals surface area contributed by atoms with Crippen LogP contribution in [0.4, 0.5) is 5.69 Å². The van der Waals surface area contributed by atoms with Crippen molar-refractivity contribution in [2.24, 2.45) is 0 Å². The molecule has 1 heterocycles. The highest BCUT2D eigenvalue weighted by Crippen LogP contribution is 2.29. The summed E-state index contributed by atoms with van der Waals surface area (Å²) in [7, 11) is 1.50. The molecule has 166 valence electrons. The van der Waals surface area contributed by atoms with E-state index >= 15 is 0 Å². The zero-order valence-electron chi connectivity index (χ0n) is 17.7. The molecule has 0 fully saturated rings. The highest BCUT2D eigenvalue weighted by atomic mass is 35.5. The summed E-state index contributed by atoms with van der Waals surface area (Å²) >= 11 is 6.05. The normalized spacial score (nSPS) is 11.0. The Hall–Kier alpha value is -4.03. The SMILES string of the molecule is COc1cc(/C=C/C(=O)c2cc3ccccc3o2)ccc1OCC(=O)Nc1ccccc1Cl. The van der Waals surface area contributed by atoms with E-state index in [9.17, 15) is 9.59 Å². The molecule has 0 aliphatic carbocycles. The first-order valence-corrected chi connectivity index (χ1v) is 10.5. The van der Waals surface area contributed by atoms with E-state index in [1.54, 1.807) is 54.6 Å². The summed E-state index contributed by atoms with van der Waals surface area (Å²) in [4.78, 5) is 24.7. The van der Waals surface area contributed by atoms with Crippen LogP contribution in [0.3, 0.4) is 0 Å². The van der Waals surface area contributed by atoms with Crippen LogP contribution in [-0.2, 0) is 4.79 Å². The molecule has 0 unspecified atom stereocenters. The Morgan fingerprint density at radius 3 is 2.58 bits per heavy atom. The van der Waals surface area contributed by atoms with E-state index in [0.29, 0.717) is 27.8 Å². The fourth-order valence-electron chi connectivity index (χ4n) is 3.16. The minimum Gasteiger partial charge on any atom is -0.493 e. The van der Waals surface area contributed by atoms with Gasteiger partial charge >= 0.3 is 0 Å². The van der Waals surface area contributed by atoms with E-state index in [2.05, 4.69) is 5.32 Å². The van der Waals surface area contributed by atoms with Crippen LogP contribution in [0.15, 0.2) is 83.3 Å². The van der Waals surface area contributed by atoms with Gasteiger partial charge in [0.2, 0.25) is 5.78 Å². The number of halogens is 1. The van der Waals surface area contributed by atoms with Gasteiger partial charge in [-0.1, -0.05) is 54.1 Å². The molecular weight excluding hydrogens is 442 g/mol. The molecule has 0 radical (unpaired) electrons. The van der Waals surface area contributed by atoms with Crippen molar-refractivity contribution in [1.82, 2.24) is 0 Å². The maximum Gasteiger partial charge on any atom is 0.262 e. The third kappa shape index (κ3) is 5.42. The standard InChI is InChI=1S/C26H20ClNO5/c1-31-25-14-17(10-12-21(29)24-15-18-6-2-5-9-22(18)33-24)11-13-23(25)32-16-26(30)28-20-8-4-3-7-19(20)27/h2-15H,16H2,1H3,(H,28,30)/b12-10+. The van der Waals surface area contributed by atoms with Gasteiger partial charge in [0.25, 0.3) is 5.91 Å². The zero-order valence-corrected chi connectivity index (χ0v) is 18.5. The second-order valence-electron chi connectivity index (χ2n) is 7.07. The molecule has 7 heteroatoms.